The molecule has 2 aromatic rings. The van der Waals surface area contributed by atoms with Crippen LogP contribution in [0.15, 0.2) is 42.5 Å². The minimum Gasteiger partial charge on any atom is -0.454 e. The van der Waals surface area contributed by atoms with Crippen LogP contribution in [0.5, 0.6) is 11.5 Å². The number of anilines is 3. The summed E-state index contributed by atoms with van der Waals surface area (Å²) in [6, 6.07) is 12.9. The van der Waals surface area contributed by atoms with Gasteiger partial charge in [-0.05, 0) is 63.1 Å². The Morgan fingerprint density at radius 2 is 1.48 bits per heavy atom. The third kappa shape index (κ3) is 3.72. The predicted octanol–water partition coefficient (Wildman–Crippen LogP) is 3.62. The summed E-state index contributed by atoms with van der Waals surface area (Å²) in [4.78, 5) is 27.8. The van der Waals surface area contributed by atoms with Crippen molar-refractivity contribution in [1.29, 1.82) is 0 Å². The largest absolute Gasteiger partial charge is 0.454 e. The number of carbonyl (C=O) groups is 2. The van der Waals surface area contributed by atoms with Crippen LogP contribution in [0, 0.1) is 5.41 Å². The van der Waals surface area contributed by atoms with E-state index in [1.54, 1.807) is 18.2 Å². The van der Waals surface area contributed by atoms with Crippen molar-refractivity contribution in [2.24, 2.45) is 5.41 Å². The molecular weight excluding hydrogens is 370 g/mol. The summed E-state index contributed by atoms with van der Waals surface area (Å²) >= 11 is 0. The maximum atomic E-state index is 12.8. The smallest absolute Gasteiger partial charge is 0.240 e. The molecule has 2 aromatic carbocycles. The number of nitrogens with zero attached hydrogens (tertiary/aromatic N) is 1. The molecule has 2 N–H and O–H groups in total. The van der Waals surface area contributed by atoms with Gasteiger partial charge in [0.15, 0.2) is 11.5 Å². The molecule has 1 heterocycles. The molecule has 1 saturated carbocycles. The van der Waals surface area contributed by atoms with E-state index in [9.17, 15) is 9.59 Å². The van der Waals surface area contributed by atoms with Gasteiger partial charge in [0.25, 0.3) is 0 Å². The summed E-state index contributed by atoms with van der Waals surface area (Å²) in [5, 5.41) is 5.73. The molecule has 0 unspecified atom stereocenters. The third-order valence-corrected chi connectivity index (χ3v) is 5.50. The summed E-state index contributed by atoms with van der Waals surface area (Å²) < 4.78 is 10.6. The zero-order valence-corrected chi connectivity index (χ0v) is 16.7. The topological polar surface area (TPSA) is 79.9 Å². The molecule has 2 amide bonds. The second-order valence-electron chi connectivity index (χ2n) is 7.28. The molecule has 0 spiro atoms. The maximum absolute atomic E-state index is 12.8. The van der Waals surface area contributed by atoms with E-state index in [0.717, 1.165) is 18.8 Å². The van der Waals surface area contributed by atoms with Crippen LogP contribution in [0.1, 0.15) is 26.7 Å². The first kappa shape index (κ1) is 19.1. The normalized spacial score (nSPS) is 15.5. The molecule has 7 nitrogen and oxygen atoms in total. The lowest BCUT2D eigenvalue weighted by Crippen LogP contribution is -2.35. The molecule has 4 rings (SSSR count). The Bertz CT molecular complexity index is 918. The van der Waals surface area contributed by atoms with Gasteiger partial charge in [-0.3, -0.25) is 9.59 Å². The Hall–Kier alpha value is -3.22. The standard InChI is InChI=1S/C22H25N3O4/c1-3-25(4-2)17-8-5-15(6-9-17)23-20(26)22(11-12-22)21(27)24-16-7-10-18-19(13-16)29-14-28-18/h5-10,13H,3-4,11-12,14H2,1-2H3,(H,23,26)(H,24,27). The molecule has 0 bridgehead atoms. The monoisotopic (exact) mass is 395 g/mol. The molecular formula is C22H25N3O4. The Morgan fingerprint density at radius 3 is 2.10 bits per heavy atom. The Kier molecular flexibility index (Phi) is 5.05. The Labute approximate surface area is 170 Å². The van der Waals surface area contributed by atoms with Gasteiger partial charge in [-0.15, -0.1) is 0 Å². The minimum atomic E-state index is -1.02. The molecule has 7 heteroatoms. The zero-order valence-electron chi connectivity index (χ0n) is 16.7. The van der Waals surface area contributed by atoms with Gasteiger partial charge in [0, 0.05) is 36.2 Å². The van der Waals surface area contributed by atoms with Crippen LogP contribution in [0.4, 0.5) is 17.1 Å². The molecule has 152 valence electrons. The third-order valence-electron chi connectivity index (χ3n) is 5.50. The maximum Gasteiger partial charge on any atom is 0.240 e. The van der Waals surface area contributed by atoms with Crippen molar-refractivity contribution >= 4 is 28.9 Å². The molecule has 1 aliphatic heterocycles. The van der Waals surface area contributed by atoms with E-state index in [1.165, 1.54) is 0 Å². The fourth-order valence-corrected chi connectivity index (χ4v) is 3.50. The first-order valence-electron chi connectivity index (χ1n) is 9.93. The highest BCUT2D eigenvalue weighted by Crippen LogP contribution is 2.48. The van der Waals surface area contributed by atoms with Gasteiger partial charge < -0.3 is 25.0 Å². The van der Waals surface area contributed by atoms with Crippen molar-refractivity contribution in [2.75, 3.05) is 35.4 Å². The molecule has 29 heavy (non-hydrogen) atoms. The summed E-state index contributed by atoms with van der Waals surface area (Å²) in [6.45, 7) is 6.23. The number of amides is 2. The van der Waals surface area contributed by atoms with Gasteiger partial charge in [0.2, 0.25) is 18.6 Å². The molecule has 2 aliphatic rings. The van der Waals surface area contributed by atoms with Crippen LogP contribution in [-0.2, 0) is 9.59 Å². The van der Waals surface area contributed by atoms with Gasteiger partial charge in [-0.2, -0.15) is 0 Å². The summed E-state index contributed by atoms with van der Waals surface area (Å²) in [7, 11) is 0. The van der Waals surface area contributed by atoms with Crippen LogP contribution in [0.25, 0.3) is 0 Å². The van der Waals surface area contributed by atoms with Gasteiger partial charge in [-0.25, -0.2) is 0 Å². The van der Waals surface area contributed by atoms with Crippen LogP contribution >= 0.6 is 0 Å². The number of fused-ring (bicyclic) bond motifs is 1. The minimum absolute atomic E-state index is 0.173. The van der Waals surface area contributed by atoms with Gasteiger partial charge in [-0.1, -0.05) is 0 Å². The average Bonchev–Trinajstić information content (AvgIpc) is 3.42. The van der Waals surface area contributed by atoms with Crippen LogP contribution in [-0.4, -0.2) is 31.7 Å². The molecule has 0 radical (unpaired) electrons. The summed E-state index contributed by atoms with van der Waals surface area (Å²) in [5.74, 6) is 0.667. The van der Waals surface area contributed by atoms with E-state index in [1.807, 2.05) is 24.3 Å². The van der Waals surface area contributed by atoms with E-state index in [0.29, 0.717) is 35.7 Å². The SMILES string of the molecule is CCN(CC)c1ccc(NC(=O)C2(C(=O)Nc3ccc4c(c3)OCO4)CC2)cc1. The van der Waals surface area contributed by atoms with Crippen molar-refractivity contribution in [3.63, 3.8) is 0 Å². The number of ether oxygens (including phenoxy) is 2. The number of nitrogens with one attached hydrogen (secondary N) is 2. The second-order valence-corrected chi connectivity index (χ2v) is 7.28. The van der Waals surface area contributed by atoms with Gasteiger partial charge >= 0.3 is 0 Å². The van der Waals surface area contributed by atoms with Crippen LogP contribution in [0.3, 0.4) is 0 Å². The number of rotatable bonds is 7. The van der Waals surface area contributed by atoms with Crippen molar-refractivity contribution in [3.05, 3.63) is 42.5 Å². The lowest BCUT2D eigenvalue weighted by Gasteiger charge is -2.21. The first-order chi connectivity index (χ1) is 14.1. The zero-order chi connectivity index (χ0) is 20.4. The van der Waals surface area contributed by atoms with E-state index < -0.39 is 5.41 Å². The number of hydrogen-bond acceptors (Lipinski definition) is 5. The second kappa shape index (κ2) is 7.66. The number of benzene rings is 2. The van der Waals surface area contributed by atoms with E-state index >= 15 is 0 Å². The van der Waals surface area contributed by atoms with Crippen LogP contribution < -0.4 is 25.0 Å². The molecule has 0 aromatic heterocycles. The fourth-order valence-electron chi connectivity index (χ4n) is 3.50. The Balaban J connectivity index is 1.41. The molecule has 1 fully saturated rings. The summed E-state index contributed by atoms with van der Waals surface area (Å²) in [6.07, 6.45) is 1.07. The van der Waals surface area contributed by atoms with Gasteiger partial charge in [0.05, 0.1) is 0 Å². The number of hydrogen-bond donors (Lipinski definition) is 2. The predicted molar refractivity (Wildman–Crippen MR) is 111 cm³/mol. The molecule has 0 saturated heterocycles. The molecule has 0 atom stereocenters. The highest BCUT2D eigenvalue weighted by atomic mass is 16.7. The van der Waals surface area contributed by atoms with Crippen molar-refractivity contribution in [1.82, 2.24) is 0 Å². The van der Waals surface area contributed by atoms with E-state index in [4.69, 9.17) is 9.47 Å². The fraction of sp³-hybridized carbons (Fsp3) is 0.364. The highest BCUT2D eigenvalue weighted by molar-refractivity contribution is 6.17. The van der Waals surface area contributed by atoms with E-state index in [-0.39, 0.29) is 18.6 Å². The first-order valence-corrected chi connectivity index (χ1v) is 9.93. The summed E-state index contributed by atoms with van der Waals surface area (Å²) in [5.41, 5.74) is 1.36. The van der Waals surface area contributed by atoms with E-state index in [2.05, 4.69) is 29.4 Å². The van der Waals surface area contributed by atoms with Gasteiger partial charge in [0.1, 0.15) is 5.41 Å². The molecule has 1 aliphatic carbocycles. The lowest BCUT2D eigenvalue weighted by atomic mass is 10.0. The van der Waals surface area contributed by atoms with Crippen molar-refractivity contribution in [2.45, 2.75) is 26.7 Å². The average molecular weight is 395 g/mol. The van der Waals surface area contributed by atoms with Crippen molar-refractivity contribution in [3.8, 4) is 11.5 Å². The van der Waals surface area contributed by atoms with Crippen molar-refractivity contribution < 1.29 is 19.1 Å². The Morgan fingerprint density at radius 1 is 0.897 bits per heavy atom. The quantitative estimate of drug-likeness (QED) is 0.700. The van der Waals surface area contributed by atoms with Crippen LogP contribution in [0.2, 0.25) is 0 Å². The number of carbonyl (C=O) groups excluding carboxylic acids is 2. The lowest BCUT2D eigenvalue weighted by molar-refractivity contribution is -0.131. The highest BCUT2D eigenvalue weighted by Gasteiger charge is 2.56.